The van der Waals surface area contributed by atoms with Crippen molar-refractivity contribution >= 4 is 28.9 Å². The lowest BCUT2D eigenvalue weighted by Crippen LogP contribution is -2.42. The predicted molar refractivity (Wildman–Crippen MR) is 123 cm³/mol. The second-order valence-corrected chi connectivity index (χ2v) is 8.18. The fourth-order valence-corrected chi connectivity index (χ4v) is 4.48. The number of carbonyl (C=O) groups excluding carboxylic acids is 1. The number of thiazole rings is 1. The van der Waals surface area contributed by atoms with Crippen LogP contribution in [0, 0.1) is 0 Å². The summed E-state index contributed by atoms with van der Waals surface area (Å²) in [7, 11) is 4.65. The summed E-state index contributed by atoms with van der Waals surface area (Å²) in [5.41, 5.74) is 2.19. The second-order valence-electron chi connectivity index (χ2n) is 7.17. The summed E-state index contributed by atoms with van der Waals surface area (Å²) in [4.78, 5) is 31.8. The third-order valence-corrected chi connectivity index (χ3v) is 6.25. The molecule has 1 aromatic heterocycles. The zero-order valence-electron chi connectivity index (χ0n) is 18.2. The first-order valence-corrected chi connectivity index (χ1v) is 10.7. The van der Waals surface area contributed by atoms with Gasteiger partial charge in [-0.3, -0.25) is 14.2 Å². The molecule has 0 saturated heterocycles. The normalized spacial score (nSPS) is 13.4. The van der Waals surface area contributed by atoms with Crippen LogP contribution in [-0.4, -0.2) is 38.3 Å². The van der Waals surface area contributed by atoms with Gasteiger partial charge in [-0.25, -0.2) is 4.99 Å². The second kappa shape index (κ2) is 8.88. The molecule has 0 unspecified atom stereocenters. The SMILES string of the molecule is COc1cc(/C=c2\sc3n(c2=O)CN(c2ccc(C(C)=O)cc2)CN=3)cc(OC)c1OC. The standard InChI is InChI=1S/C23H23N3O5S/c1-14(27)16-5-7-17(8-6-16)25-12-24-23-26(13-25)22(28)20(32-23)11-15-9-18(29-2)21(31-4)19(10-15)30-3/h5-11H,12-13H2,1-4H3/b20-11-. The van der Waals surface area contributed by atoms with E-state index in [4.69, 9.17) is 14.2 Å². The molecule has 0 spiro atoms. The monoisotopic (exact) mass is 453 g/mol. The minimum Gasteiger partial charge on any atom is -0.493 e. The summed E-state index contributed by atoms with van der Waals surface area (Å²) >= 11 is 1.34. The van der Waals surface area contributed by atoms with E-state index in [1.165, 1.54) is 18.3 Å². The van der Waals surface area contributed by atoms with Gasteiger partial charge in [-0.1, -0.05) is 11.3 Å². The maximum Gasteiger partial charge on any atom is 0.271 e. The van der Waals surface area contributed by atoms with E-state index < -0.39 is 0 Å². The molecule has 2 aromatic carbocycles. The first-order chi connectivity index (χ1) is 15.4. The third kappa shape index (κ3) is 3.99. The van der Waals surface area contributed by atoms with Crippen molar-refractivity contribution in [1.82, 2.24) is 4.57 Å². The number of nitrogens with zero attached hydrogens (tertiary/aromatic N) is 3. The number of rotatable bonds is 6. The highest BCUT2D eigenvalue weighted by atomic mass is 32.1. The number of anilines is 1. The molecule has 4 rings (SSSR count). The van der Waals surface area contributed by atoms with Crippen LogP contribution in [0.1, 0.15) is 22.8 Å². The number of ketones is 1. The molecule has 1 aliphatic rings. The van der Waals surface area contributed by atoms with Crippen LogP contribution in [0.4, 0.5) is 5.69 Å². The van der Waals surface area contributed by atoms with Gasteiger partial charge in [-0.05, 0) is 55.0 Å². The van der Waals surface area contributed by atoms with Gasteiger partial charge in [0.1, 0.15) is 13.3 Å². The van der Waals surface area contributed by atoms with Gasteiger partial charge in [0, 0.05) is 11.3 Å². The zero-order chi connectivity index (χ0) is 22.8. The van der Waals surface area contributed by atoms with Crippen LogP contribution in [-0.2, 0) is 6.67 Å². The fourth-order valence-electron chi connectivity index (χ4n) is 3.52. The molecule has 0 aliphatic carbocycles. The average molecular weight is 454 g/mol. The first-order valence-electron chi connectivity index (χ1n) is 9.87. The van der Waals surface area contributed by atoms with Gasteiger partial charge in [-0.15, -0.1) is 0 Å². The van der Waals surface area contributed by atoms with Crippen LogP contribution in [0.25, 0.3) is 6.08 Å². The van der Waals surface area contributed by atoms with E-state index in [9.17, 15) is 9.59 Å². The molecule has 9 heteroatoms. The van der Waals surface area contributed by atoms with E-state index in [-0.39, 0.29) is 11.3 Å². The number of benzene rings is 2. The third-order valence-electron chi connectivity index (χ3n) is 5.20. The van der Waals surface area contributed by atoms with Crippen molar-refractivity contribution in [2.24, 2.45) is 4.99 Å². The van der Waals surface area contributed by atoms with E-state index in [1.807, 2.05) is 17.0 Å². The summed E-state index contributed by atoms with van der Waals surface area (Å²) < 4.78 is 18.4. The maximum absolute atomic E-state index is 13.1. The number of aromatic nitrogens is 1. The highest BCUT2D eigenvalue weighted by Gasteiger charge is 2.17. The van der Waals surface area contributed by atoms with E-state index in [0.717, 1.165) is 11.3 Å². The molecule has 8 nitrogen and oxygen atoms in total. The van der Waals surface area contributed by atoms with E-state index >= 15 is 0 Å². The molecule has 3 aromatic rings. The molecule has 32 heavy (non-hydrogen) atoms. The molecule has 0 fully saturated rings. The molecule has 0 N–H and O–H groups in total. The first kappa shape index (κ1) is 21.6. The Balaban J connectivity index is 1.69. The molecule has 0 bridgehead atoms. The summed E-state index contributed by atoms with van der Waals surface area (Å²) in [6.45, 7) is 2.36. The Morgan fingerprint density at radius 1 is 1.06 bits per heavy atom. The molecule has 0 saturated carbocycles. The van der Waals surface area contributed by atoms with Crippen LogP contribution in [0.3, 0.4) is 0 Å². The van der Waals surface area contributed by atoms with Crippen molar-refractivity contribution in [3.63, 3.8) is 0 Å². The Morgan fingerprint density at radius 3 is 2.28 bits per heavy atom. The van der Waals surface area contributed by atoms with Gasteiger partial charge in [0.15, 0.2) is 22.1 Å². The molecule has 0 atom stereocenters. The largest absolute Gasteiger partial charge is 0.493 e. The predicted octanol–water partition coefficient (Wildman–Crippen LogP) is 2.02. The number of ether oxygens (including phenoxy) is 3. The smallest absolute Gasteiger partial charge is 0.271 e. The number of fused-ring (bicyclic) bond motifs is 1. The summed E-state index contributed by atoms with van der Waals surface area (Å²) in [6.07, 6.45) is 1.80. The number of methoxy groups -OCH3 is 3. The Kier molecular flexibility index (Phi) is 6.00. The Bertz CT molecular complexity index is 1320. The minimum atomic E-state index is -0.118. The van der Waals surface area contributed by atoms with Crippen molar-refractivity contribution in [2.75, 3.05) is 32.9 Å². The van der Waals surface area contributed by atoms with Crippen LogP contribution in [0.5, 0.6) is 17.2 Å². The molecule has 166 valence electrons. The van der Waals surface area contributed by atoms with Gasteiger partial charge in [0.25, 0.3) is 5.56 Å². The van der Waals surface area contributed by atoms with Gasteiger partial charge in [0.2, 0.25) is 5.75 Å². The van der Waals surface area contributed by atoms with E-state index in [1.54, 1.807) is 56.2 Å². The topological polar surface area (TPSA) is 82.4 Å². The van der Waals surface area contributed by atoms with Crippen molar-refractivity contribution < 1.29 is 19.0 Å². The van der Waals surface area contributed by atoms with Crippen molar-refractivity contribution in [3.8, 4) is 17.2 Å². The van der Waals surface area contributed by atoms with Gasteiger partial charge in [-0.2, -0.15) is 0 Å². The molecule has 1 aliphatic heterocycles. The number of carbonyl (C=O) groups is 1. The van der Waals surface area contributed by atoms with Crippen molar-refractivity contribution in [1.29, 1.82) is 0 Å². The van der Waals surface area contributed by atoms with Crippen molar-refractivity contribution in [2.45, 2.75) is 13.6 Å². The lowest BCUT2D eigenvalue weighted by atomic mass is 10.1. The van der Waals surface area contributed by atoms with Gasteiger partial charge >= 0.3 is 0 Å². The highest BCUT2D eigenvalue weighted by Crippen LogP contribution is 2.38. The Morgan fingerprint density at radius 2 is 1.72 bits per heavy atom. The lowest BCUT2D eigenvalue weighted by Gasteiger charge is -2.25. The quantitative estimate of drug-likeness (QED) is 0.531. The van der Waals surface area contributed by atoms with E-state index in [0.29, 0.717) is 45.5 Å². The molecular weight excluding hydrogens is 430 g/mol. The van der Waals surface area contributed by atoms with E-state index in [2.05, 4.69) is 4.99 Å². The van der Waals surface area contributed by atoms with Gasteiger partial charge in [0.05, 0.1) is 25.9 Å². The molecule has 0 amide bonds. The fraction of sp³-hybridized carbons (Fsp3) is 0.261. The average Bonchev–Trinajstić information content (AvgIpc) is 3.12. The maximum atomic E-state index is 13.1. The highest BCUT2D eigenvalue weighted by molar-refractivity contribution is 7.07. The number of Topliss-reactive ketones (excluding diaryl/α,β-unsaturated/α-hetero) is 1. The Labute approximate surface area is 188 Å². The van der Waals surface area contributed by atoms with Crippen LogP contribution in [0.2, 0.25) is 0 Å². The van der Waals surface area contributed by atoms with Crippen molar-refractivity contribution in [3.05, 3.63) is 67.2 Å². The molecule has 0 radical (unpaired) electrons. The van der Waals surface area contributed by atoms with Gasteiger partial charge < -0.3 is 19.1 Å². The lowest BCUT2D eigenvalue weighted by molar-refractivity contribution is 0.101. The summed E-state index contributed by atoms with van der Waals surface area (Å²) in [5.74, 6) is 1.55. The minimum absolute atomic E-state index is 0.0168. The number of hydrogen-bond acceptors (Lipinski definition) is 8. The van der Waals surface area contributed by atoms with Crippen LogP contribution < -0.4 is 34.0 Å². The molecular formula is C23H23N3O5S. The zero-order valence-corrected chi connectivity index (χ0v) is 19.1. The summed E-state index contributed by atoms with van der Waals surface area (Å²) in [6, 6.07) is 10.9. The summed E-state index contributed by atoms with van der Waals surface area (Å²) in [5, 5.41) is 0. The number of hydrogen-bond donors (Lipinski definition) is 0. The molecule has 2 heterocycles. The van der Waals surface area contributed by atoms with Crippen LogP contribution in [0.15, 0.2) is 46.2 Å². The van der Waals surface area contributed by atoms with Crippen LogP contribution >= 0.6 is 11.3 Å². The Hall–Kier alpha value is -3.59.